The fourth-order valence-corrected chi connectivity index (χ4v) is 1.33. The van der Waals surface area contributed by atoms with Gasteiger partial charge >= 0.3 is 6.03 Å². The van der Waals surface area contributed by atoms with E-state index in [0.717, 1.165) is 19.4 Å². The minimum Gasteiger partial charge on any atom is -0.335 e. The van der Waals surface area contributed by atoms with Crippen LogP contribution in [0.5, 0.6) is 0 Å². The lowest BCUT2D eigenvalue weighted by Crippen LogP contribution is -2.47. The summed E-state index contributed by atoms with van der Waals surface area (Å²) in [7, 11) is 0. The number of likely N-dealkylation sites (N-methyl/N-ethyl adjacent to an activating group) is 1. The Morgan fingerprint density at radius 3 is 2.77 bits per heavy atom. The number of carbonyl (C=O) groups excluding carboxylic acids is 1. The molecule has 1 saturated carbocycles. The van der Waals surface area contributed by atoms with E-state index in [1.165, 1.54) is 6.42 Å². The lowest BCUT2D eigenvalue weighted by molar-refractivity contribution is 0.194. The standard InChI is InChI=1S/C10H18N2O/c1-3-8-12(4-2)10(13)11-9-6-5-7-9/h3,9H,1,4-8H2,2H3,(H,11,13). The molecular weight excluding hydrogens is 164 g/mol. The van der Waals surface area contributed by atoms with E-state index < -0.39 is 0 Å². The third kappa shape index (κ3) is 2.76. The summed E-state index contributed by atoms with van der Waals surface area (Å²) < 4.78 is 0. The Hall–Kier alpha value is -0.990. The predicted octanol–water partition coefficient (Wildman–Crippen LogP) is 1.76. The molecule has 0 unspecified atom stereocenters. The molecule has 2 amide bonds. The lowest BCUT2D eigenvalue weighted by Gasteiger charge is -2.29. The molecule has 0 aromatic rings. The molecule has 13 heavy (non-hydrogen) atoms. The Balaban J connectivity index is 2.29. The van der Waals surface area contributed by atoms with Gasteiger partial charge in [0.25, 0.3) is 0 Å². The molecule has 1 aliphatic rings. The van der Waals surface area contributed by atoms with Gasteiger partial charge in [-0.25, -0.2) is 4.79 Å². The summed E-state index contributed by atoms with van der Waals surface area (Å²) in [5.41, 5.74) is 0. The van der Waals surface area contributed by atoms with Gasteiger partial charge in [0.2, 0.25) is 0 Å². The number of hydrogen-bond donors (Lipinski definition) is 1. The van der Waals surface area contributed by atoms with E-state index in [9.17, 15) is 4.79 Å². The molecule has 0 radical (unpaired) electrons. The molecular formula is C10H18N2O. The second-order valence-electron chi connectivity index (χ2n) is 3.40. The first-order chi connectivity index (χ1) is 6.27. The van der Waals surface area contributed by atoms with Crippen LogP contribution in [0.2, 0.25) is 0 Å². The van der Waals surface area contributed by atoms with E-state index in [-0.39, 0.29) is 6.03 Å². The smallest absolute Gasteiger partial charge is 0.317 e. The summed E-state index contributed by atoms with van der Waals surface area (Å²) in [5, 5.41) is 2.99. The second-order valence-corrected chi connectivity index (χ2v) is 3.40. The molecule has 0 aromatic heterocycles. The highest BCUT2D eigenvalue weighted by atomic mass is 16.2. The molecule has 0 aromatic carbocycles. The topological polar surface area (TPSA) is 32.3 Å². The normalized spacial score (nSPS) is 16.1. The fourth-order valence-electron chi connectivity index (χ4n) is 1.33. The SMILES string of the molecule is C=CCN(CC)C(=O)NC1CCC1. The van der Waals surface area contributed by atoms with Gasteiger partial charge in [-0.3, -0.25) is 0 Å². The van der Waals surface area contributed by atoms with Gasteiger partial charge in [-0.05, 0) is 26.2 Å². The van der Waals surface area contributed by atoms with Crippen LogP contribution < -0.4 is 5.32 Å². The maximum Gasteiger partial charge on any atom is 0.317 e. The third-order valence-corrected chi connectivity index (χ3v) is 2.45. The Morgan fingerprint density at radius 1 is 1.69 bits per heavy atom. The van der Waals surface area contributed by atoms with E-state index in [1.54, 1.807) is 11.0 Å². The highest BCUT2D eigenvalue weighted by molar-refractivity contribution is 5.74. The first-order valence-electron chi connectivity index (χ1n) is 4.94. The molecule has 1 N–H and O–H groups in total. The molecule has 0 bridgehead atoms. The van der Waals surface area contributed by atoms with Crippen molar-refractivity contribution in [1.29, 1.82) is 0 Å². The van der Waals surface area contributed by atoms with Crippen molar-refractivity contribution in [3.05, 3.63) is 12.7 Å². The van der Waals surface area contributed by atoms with Gasteiger partial charge in [0.15, 0.2) is 0 Å². The lowest BCUT2D eigenvalue weighted by atomic mass is 9.93. The van der Waals surface area contributed by atoms with Crippen molar-refractivity contribution in [2.75, 3.05) is 13.1 Å². The van der Waals surface area contributed by atoms with Gasteiger partial charge in [-0.15, -0.1) is 6.58 Å². The summed E-state index contributed by atoms with van der Waals surface area (Å²) in [5.74, 6) is 0. The number of nitrogens with zero attached hydrogens (tertiary/aromatic N) is 1. The van der Waals surface area contributed by atoms with E-state index in [0.29, 0.717) is 12.6 Å². The van der Waals surface area contributed by atoms with Crippen LogP contribution in [-0.2, 0) is 0 Å². The molecule has 74 valence electrons. The molecule has 1 fully saturated rings. The summed E-state index contributed by atoms with van der Waals surface area (Å²) in [6.45, 7) is 6.97. The first kappa shape index (κ1) is 10.1. The van der Waals surface area contributed by atoms with Crippen LogP contribution in [0.15, 0.2) is 12.7 Å². The fraction of sp³-hybridized carbons (Fsp3) is 0.700. The van der Waals surface area contributed by atoms with Crippen LogP contribution in [0.3, 0.4) is 0 Å². The van der Waals surface area contributed by atoms with Crippen LogP contribution in [-0.4, -0.2) is 30.1 Å². The third-order valence-electron chi connectivity index (χ3n) is 2.45. The highest BCUT2D eigenvalue weighted by Crippen LogP contribution is 2.18. The van der Waals surface area contributed by atoms with Crippen molar-refractivity contribution in [3.8, 4) is 0 Å². The molecule has 3 nitrogen and oxygen atoms in total. The van der Waals surface area contributed by atoms with Gasteiger partial charge in [0.05, 0.1) is 0 Å². The summed E-state index contributed by atoms with van der Waals surface area (Å²) in [6, 6.07) is 0.471. The number of rotatable bonds is 4. The van der Waals surface area contributed by atoms with E-state index >= 15 is 0 Å². The average Bonchev–Trinajstić information content (AvgIpc) is 2.07. The highest BCUT2D eigenvalue weighted by Gasteiger charge is 2.21. The van der Waals surface area contributed by atoms with Crippen molar-refractivity contribution in [1.82, 2.24) is 10.2 Å². The summed E-state index contributed by atoms with van der Waals surface area (Å²) in [4.78, 5) is 13.3. The maximum absolute atomic E-state index is 11.5. The van der Waals surface area contributed by atoms with Crippen LogP contribution in [0.1, 0.15) is 26.2 Å². The van der Waals surface area contributed by atoms with Crippen LogP contribution in [0.25, 0.3) is 0 Å². The second kappa shape index (κ2) is 4.90. The number of hydrogen-bond acceptors (Lipinski definition) is 1. The average molecular weight is 182 g/mol. The van der Waals surface area contributed by atoms with Gasteiger partial charge in [0, 0.05) is 19.1 Å². The van der Waals surface area contributed by atoms with Crippen molar-refractivity contribution in [3.63, 3.8) is 0 Å². The molecule has 0 spiro atoms. The van der Waals surface area contributed by atoms with E-state index in [2.05, 4.69) is 11.9 Å². The minimum atomic E-state index is 0.0482. The molecule has 0 heterocycles. The Morgan fingerprint density at radius 2 is 2.38 bits per heavy atom. The van der Waals surface area contributed by atoms with Crippen molar-refractivity contribution in [2.24, 2.45) is 0 Å². The van der Waals surface area contributed by atoms with Gasteiger partial charge in [-0.1, -0.05) is 6.08 Å². The zero-order valence-electron chi connectivity index (χ0n) is 8.25. The van der Waals surface area contributed by atoms with Crippen LogP contribution >= 0.6 is 0 Å². The Bertz CT molecular complexity index is 187. The number of nitrogens with one attached hydrogen (secondary N) is 1. The van der Waals surface area contributed by atoms with Crippen LogP contribution in [0, 0.1) is 0 Å². The summed E-state index contributed by atoms with van der Waals surface area (Å²) in [6.07, 6.45) is 5.27. The molecule has 1 rings (SSSR count). The Kier molecular flexibility index (Phi) is 3.80. The largest absolute Gasteiger partial charge is 0.335 e. The molecule has 3 heteroatoms. The zero-order chi connectivity index (χ0) is 9.68. The van der Waals surface area contributed by atoms with Crippen molar-refractivity contribution >= 4 is 6.03 Å². The van der Waals surface area contributed by atoms with Gasteiger partial charge in [0.1, 0.15) is 0 Å². The van der Waals surface area contributed by atoms with Gasteiger partial charge < -0.3 is 10.2 Å². The number of urea groups is 1. The predicted molar refractivity (Wildman–Crippen MR) is 53.6 cm³/mol. The number of amides is 2. The summed E-state index contributed by atoms with van der Waals surface area (Å²) >= 11 is 0. The van der Waals surface area contributed by atoms with Crippen molar-refractivity contribution < 1.29 is 4.79 Å². The van der Waals surface area contributed by atoms with E-state index in [1.807, 2.05) is 6.92 Å². The van der Waals surface area contributed by atoms with Crippen LogP contribution in [0.4, 0.5) is 4.79 Å². The van der Waals surface area contributed by atoms with Gasteiger partial charge in [-0.2, -0.15) is 0 Å². The maximum atomic E-state index is 11.5. The number of carbonyl (C=O) groups is 1. The molecule has 0 atom stereocenters. The quantitative estimate of drug-likeness (QED) is 0.660. The first-order valence-corrected chi connectivity index (χ1v) is 4.94. The molecule has 0 aliphatic heterocycles. The molecule has 1 aliphatic carbocycles. The minimum absolute atomic E-state index is 0.0482. The Labute approximate surface area is 79.8 Å². The monoisotopic (exact) mass is 182 g/mol. The van der Waals surface area contributed by atoms with E-state index in [4.69, 9.17) is 0 Å². The van der Waals surface area contributed by atoms with Crippen molar-refractivity contribution in [2.45, 2.75) is 32.2 Å². The zero-order valence-corrected chi connectivity index (χ0v) is 8.25. The molecule has 0 saturated heterocycles.